The average molecular weight is 1160 g/mol. The molecular weight excluding hydrogens is 1110 g/mol. The van der Waals surface area contributed by atoms with Crippen molar-refractivity contribution in [2.24, 2.45) is 0 Å². The fourth-order valence-electron chi connectivity index (χ4n) is 8.66. The topological polar surface area (TPSA) is 253 Å². The predicted molar refractivity (Wildman–Crippen MR) is 306 cm³/mol. The largest absolute Gasteiger partial charge is 0.647 e. The maximum absolute atomic E-state index is 16.3. The third-order valence-electron chi connectivity index (χ3n) is 12.4. The minimum atomic E-state index is -4.91. The van der Waals surface area contributed by atoms with E-state index in [2.05, 4.69) is 46.2 Å². The van der Waals surface area contributed by atoms with Gasteiger partial charge in [-0.15, -0.1) is 35.3 Å². The highest BCUT2D eigenvalue weighted by atomic mass is 32.2. The summed E-state index contributed by atoms with van der Waals surface area (Å²) in [6.07, 6.45) is 5.59. The molecule has 0 atom stereocenters. The number of aromatic nitrogens is 9. The maximum atomic E-state index is 16.3. The number of benzene rings is 6. The molecule has 22 nitrogen and oxygen atoms in total. The number of H-pyrrole nitrogens is 3. The van der Waals surface area contributed by atoms with Gasteiger partial charge in [-0.05, 0) is 91.6 Å². The van der Waals surface area contributed by atoms with Crippen LogP contribution in [0.4, 0.5) is 0 Å². The predicted octanol–water partition coefficient (Wildman–Crippen LogP) is 11.9. The van der Waals surface area contributed by atoms with E-state index in [9.17, 15) is 0 Å². The van der Waals surface area contributed by atoms with Gasteiger partial charge in [0.25, 0.3) is 0 Å². The number of aromatic amines is 3. The van der Waals surface area contributed by atoms with Crippen LogP contribution in [-0.2, 0) is 4.57 Å². The van der Waals surface area contributed by atoms with Gasteiger partial charge >= 0.3 is 7.82 Å². The van der Waals surface area contributed by atoms with E-state index in [1.807, 2.05) is 55.2 Å². The zero-order valence-corrected chi connectivity index (χ0v) is 48.7. The van der Waals surface area contributed by atoms with Crippen LogP contribution in [0.2, 0.25) is 0 Å². The number of thioether (sulfide) groups is 3. The van der Waals surface area contributed by atoms with Crippen LogP contribution in [-0.4, -0.2) is 129 Å². The molecule has 3 aromatic heterocycles. The van der Waals surface area contributed by atoms with Gasteiger partial charge in [0, 0.05) is 48.1 Å². The number of hydrogen-bond donors (Lipinski definition) is 3. The van der Waals surface area contributed by atoms with Crippen LogP contribution in [0.15, 0.2) is 106 Å². The van der Waals surface area contributed by atoms with Crippen molar-refractivity contribution >= 4 is 43.1 Å². The van der Waals surface area contributed by atoms with Crippen molar-refractivity contribution in [3.63, 3.8) is 0 Å². The molecule has 0 saturated carbocycles. The van der Waals surface area contributed by atoms with Crippen molar-refractivity contribution in [1.29, 1.82) is 0 Å². The highest BCUT2D eigenvalue weighted by Crippen LogP contribution is 2.56. The molecule has 9 aromatic rings. The Labute approximate surface area is 472 Å². The lowest BCUT2D eigenvalue weighted by Gasteiger charge is -2.23. The third kappa shape index (κ3) is 11.1. The summed E-state index contributed by atoms with van der Waals surface area (Å²) >= 11 is 4.06. The summed E-state index contributed by atoms with van der Waals surface area (Å²) in [4.78, 5) is 1.77. The molecule has 0 saturated heterocycles. The van der Waals surface area contributed by atoms with Crippen molar-refractivity contribution in [2.75, 3.05) is 82.8 Å². The molecule has 80 heavy (non-hydrogen) atoms. The van der Waals surface area contributed by atoms with Gasteiger partial charge in [-0.1, -0.05) is 18.2 Å². The molecule has 0 aliphatic rings. The van der Waals surface area contributed by atoms with Crippen LogP contribution in [0, 0.1) is 0 Å². The van der Waals surface area contributed by atoms with Gasteiger partial charge in [0.2, 0.25) is 17.2 Å². The van der Waals surface area contributed by atoms with Gasteiger partial charge < -0.3 is 56.2 Å². The first kappa shape index (κ1) is 56.3. The van der Waals surface area contributed by atoms with E-state index in [4.69, 9.17) is 56.2 Å². The van der Waals surface area contributed by atoms with E-state index in [1.54, 1.807) is 54.6 Å². The van der Waals surface area contributed by atoms with Gasteiger partial charge in [-0.3, -0.25) is 0 Å². The molecule has 3 N–H and O–H groups in total. The minimum absolute atomic E-state index is 0.142. The molecular formula is C54H54N9O13PS3. The Morgan fingerprint density at radius 2 is 0.525 bits per heavy atom. The summed E-state index contributed by atoms with van der Waals surface area (Å²) in [5.41, 5.74) is 6.04. The van der Waals surface area contributed by atoms with Gasteiger partial charge in [0.1, 0.15) is 51.4 Å². The summed E-state index contributed by atoms with van der Waals surface area (Å²) in [7, 11) is 8.85. The molecule has 26 heteroatoms. The van der Waals surface area contributed by atoms with Crippen LogP contribution in [0.3, 0.4) is 0 Å². The first-order valence-corrected chi connectivity index (χ1v) is 28.9. The van der Waals surface area contributed by atoms with Crippen LogP contribution in [0.1, 0.15) is 0 Å². The Kier molecular flexibility index (Phi) is 17.4. The Morgan fingerprint density at radius 3 is 0.725 bits per heavy atom. The summed E-state index contributed by atoms with van der Waals surface area (Å²) in [5.74, 6) is 4.13. The molecule has 3 heterocycles. The lowest BCUT2D eigenvalue weighted by Crippen LogP contribution is -2.09. The summed E-state index contributed by atoms with van der Waals surface area (Å²) in [6, 6.07) is 26.7. The Bertz CT molecular complexity index is 3290. The lowest BCUT2D eigenvalue weighted by atomic mass is 10.0. The van der Waals surface area contributed by atoms with E-state index in [1.165, 1.54) is 99.3 Å². The van der Waals surface area contributed by atoms with Crippen molar-refractivity contribution in [3.8, 4) is 137 Å². The number of nitrogens with one attached hydrogen (secondary N) is 3. The Hall–Kier alpha value is -8.38. The number of phosphoric ester groups is 1. The van der Waals surface area contributed by atoms with Crippen LogP contribution < -0.4 is 56.2 Å². The second-order valence-electron chi connectivity index (χ2n) is 16.6. The van der Waals surface area contributed by atoms with E-state index < -0.39 is 7.82 Å². The number of hydrogen-bond acceptors (Lipinski definition) is 22. The molecule has 0 radical (unpaired) electrons. The standard InChI is InChI=1S/C54H54N9O13PS3/c1-65-37-22-31(23-38(66-2)52(37)71-7)49-46(55-61-58-49)28-13-16-43(78-10)34(19-28)74-77(64,75-35-20-29(14-17-44(35)79-11)47-50(59-62-56-47)32-24-39(67-3)53(72-8)40(25-32)68-4)76-36-21-30(15-18-45(36)80-12)48-51(60-63-57-48)33-26-41(69-5)54(73-9)42(27-33)70-6/h13-27H,1-12H3,(H,55,58,61)(H,56,59,62)(H,57,60,63). The monoisotopic (exact) mass is 1160 g/mol. The van der Waals surface area contributed by atoms with Crippen LogP contribution in [0.5, 0.6) is 69.0 Å². The highest BCUT2D eigenvalue weighted by molar-refractivity contribution is 7.99. The number of phosphoric acid groups is 1. The highest BCUT2D eigenvalue weighted by Gasteiger charge is 2.37. The molecule has 0 aliphatic carbocycles. The lowest BCUT2D eigenvalue weighted by molar-refractivity contribution is 0.292. The molecule has 9 rings (SSSR count). The molecule has 0 bridgehead atoms. The number of ether oxygens (including phenoxy) is 9. The van der Waals surface area contributed by atoms with Crippen LogP contribution in [0.25, 0.3) is 67.5 Å². The number of rotatable bonds is 24. The van der Waals surface area contributed by atoms with Gasteiger partial charge in [-0.2, -0.15) is 50.8 Å². The second-order valence-corrected chi connectivity index (χ2v) is 20.6. The number of nitrogens with zero attached hydrogens (tertiary/aromatic N) is 6. The van der Waals surface area contributed by atoms with Gasteiger partial charge in [-0.25, -0.2) is 0 Å². The van der Waals surface area contributed by atoms with E-state index in [-0.39, 0.29) is 17.2 Å². The molecule has 0 amide bonds. The molecule has 0 spiro atoms. The quantitative estimate of drug-likeness (QED) is 0.0375. The summed E-state index contributed by atoms with van der Waals surface area (Å²) in [5, 5.41) is 35.5. The fraction of sp³-hybridized carbons (Fsp3) is 0.222. The maximum Gasteiger partial charge on any atom is 0.647 e. The van der Waals surface area contributed by atoms with E-state index >= 15 is 4.57 Å². The first-order valence-electron chi connectivity index (χ1n) is 23.8. The van der Waals surface area contributed by atoms with Crippen LogP contribution >= 0.6 is 43.1 Å². The molecule has 6 aromatic carbocycles. The molecule has 0 fully saturated rings. The molecule has 416 valence electrons. The van der Waals surface area contributed by atoms with Crippen molar-refractivity contribution < 1.29 is 60.8 Å². The van der Waals surface area contributed by atoms with E-state index in [0.29, 0.717) is 134 Å². The smallest absolute Gasteiger partial charge is 0.493 e. The SMILES string of the molecule is COc1cc(-c2n[nH]nc2-c2ccc(SC)c(OP(=O)(Oc3cc(-c4n[nH]nc4-c4cc(OC)c(OC)c(OC)c4)ccc3SC)Oc3cc(-c4n[nH]nc4-c4cc(OC)c(OC)c(OC)c4)ccc3SC)c2)cc(OC)c1OC. The first-order chi connectivity index (χ1) is 38.9. The van der Waals surface area contributed by atoms with Gasteiger partial charge in [0.15, 0.2) is 34.5 Å². The molecule has 0 aliphatic heterocycles. The Balaban J connectivity index is 1.18. The minimum Gasteiger partial charge on any atom is -0.493 e. The Morgan fingerprint density at radius 1 is 0.312 bits per heavy atom. The zero-order chi connectivity index (χ0) is 56.7. The molecule has 0 unspecified atom stereocenters. The zero-order valence-electron chi connectivity index (χ0n) is 45.3. The normalized spacial score (nSPS) is 11.2. The van der Waals surface area contributed by atoms with Gasteiger partial charge in [0.05, 0.1) is 64.0 Å². The second kappa shape index (κ2) is 24.7. The average Bonchev–Trinajstić information content (AvgIpc) is 4.34. The summed E-state index contributed by atoms with van der Waals surface area (Å²) in [6.45, 7) is 0. The number of methoxy groups -OCH3 is 9. The summed E-state index contributed by atoms with van der Waals surface area (Å²) < 4.78 is 87.2. The fourth-order valence-corrected chi connectivity index (χ4v) is 11.6. The van der Waals surface area contributed by atoms with E-state index in [0.717, 1.165) is 0 Å². The van der Waals surface area contributed by atoms with Crippen molar-refractivity contribution in [1.82, 2.24) is 46.2 Å². The van der Waals surface area contributed by atoms with Crippen molar-refractivity contribution in [3.05, 3.63) is 91.0 Å². The van der Waals surface area contributed by atoms with Crippen molar-refractivity contribution in [2.45, 2.75) is 14.7 Å². The third-order valence-corrected chi connectivity index (χ3v) is 16.0.